The Hall–Kier alpha value is -3.36. The van der Waals surface area contributed by atoms with E-state index in [0.717, 1.165) is 5.69 Å². The lowest BCUT2D eigenvalue weighted by Crippen LogP contribution is -2.48. The minimum Gasteiger partial charge on any atom is -0.497 e. The number of aromatic nitrogens is 1. The first-order valence-electron chi connectivity index (χ1n) is 8.39. The summed E-state index contributed by atoms with van der Waals surface area (Å²) in [6, 6.07) is 8.16. The van der Waals surface area contributed by atoms with Crippen LogP contribution in [0.2, 0.25) is 0 Å². The highest BCUT2D eigenvalue weighted by atomic mass is 16.6. The van der Waals surface area contributed by atoms with Crippen LogP contribution in [0.15, 0.2) is 36.5 Å². The first-order valence-corrected chi connectivity index (χ1v) is 8.39. The second-order valence-electron chi connectivity index (χ2n) is 6.01. The van der Waals surface area contributed by atoms with Crippen molar-refractivity contribution in [1.29, 1.82) is 0 Å². The zero-order valence-electron chi connectivity index (χ0n) is 15.1. The molecular formula is C18H20N4O5. The second-order valence-corrected chi connectivity index (χ2v) is 6.01. The summed E-state index contributed by atoms with van der Waals surface area (Å²) in [5.41, 5.74) is 1.31. The zero-order valence-corrected chi connectivity index (χ0v) is 15.1. The molecule has 1 fully saturated rings. The lowest BCUT2D eigenvalue weighted by Gasteiger charge is -2.35. The fourth-order valence-electron chi connectivity index (χ4n) is 2.95. The maximum absolute atomic E-state index is 12.8. The van der Waals surface area contributed by atoms with Gasteiger partial charge in [-0.1, -0.05) is 0 Å². The second kappa shape index (κ2) is 7.90. The van der Waals surface area contributed by atoms with Crippen LogP contribution in [0.25, 0.3) is 0 Å². The fraction of sp³-hybridized carbons (Fsp3) is 0.333. The lowest BCUT2D eigenvalue weighted by atomic mass is 10.1. The number of hydrogen-bond acceptors (Lipinski definition) is 7. The number of rotatable bonds is 5. The van der Waals surface area contributed by atoms with Crippen LogP contribution in [0.4, 0.5) is 11.5 Å². The van der Waals surface area contributed by atoms with E-state index in [9.17, 15) is 14.9 Å². The number of benzene rings is 1. The van der Waals surface area contributed by atoms with E-state index in [1.807, 2.05) is 4.90 Å². The number of amides is 1. The molecule has 0 unspecified atom stereocenters. The van der Waals surface area contributed by atoms with Gasteiger partial charge in [-0.2, -0.15) is 0 Å². The molecule has 0 spiro atoms. The van der Waals surface area contributed by atoms with Crippen LogP contribution in [0.3, 0.4) is 0 Å². The largest absolute Gasteiger partial charge is 0.497 e. The third kappa shape index (κ3) is 4.08. The number of nitrogens with zero attached hydrogens (tertiary/aromatic N) is 4. The smallest absolute Gasteiger partial charge is 0.363 e. The molecule has 0 aliphatic carbocycles. The minimum atomic E-state index is -0.525. The van der Waals surface area contributed by atoms with E-state index in [4.69, 9.17) is 9.47 Å². The first kappa shape index (κ1) is 18.4. The van der Waals surface area contributed by atoms with E-state index < -0.39 is 4.92 Å². The van der Waals surface area contributed by atoms with Crippen molar-refractivity contribution in [3.05, 3.63) is 52.2 Å². The molecule has 0 atom stereocenters. The Labute approximate surface area is 156 Å². The van der Waals surface area contributed by atoms with Crippen molar-refractivity contribution in [3.8, 4) is 11.5 Å². The van der Waals surface area contributed by atoms with Crippen molar-refractivity contribution in [1.82, 2.24) is 9.88 Å². The molecule has 3 rings (SSSR count). The summed E-state index contributed by atoms with van der Waals surface area (Å²) >= 11 is 0. The van der Waals surface area contributed by atoms with Gasteiger partial charge in [0.25, 0.3) is 5.91 Å². The van der Waals surface area contributed by atoms with E-state index >= 15 is 0 Å². The van der Waals surface area contributed by atoms with Gasteiger partial charge < -0.3 is 29.4 Å². The number of piperazine rings is 1. The topological polar surface area (TPSA) is 98.0 Å². The molecule has 27 heavy (non-hydrogen) atoms. The average molecular weight is 372 g/mol. The molecule has 0 bridgehead atoms. The Morgan fingerprint density at radius 1 is 1.07 bits per heavy atom. The van der Waals surface area contributed by atoms with Crippen LogP contribution in [-0.2, 0) is 0 Å². The molecule has 1 saturated heterocycles. The minimum absolute atomic E-state index is 0.0892. The van der Waals surface area contributed by atoms with Gasteiger partial charge in [0, 0.05) is 43.9 Å². The van der Waals surface area contributed by atoms with Gasteiger partial charge >= 0.3 is 5.82 Å². The Kier molecular flexibility index (Phi) is 5.39. The maximum Gasteiger partial charge on any atom is 0.363 e. The van der Waals surface area contributed by atoms with Crippen LogP contribution in [0.1, 0.15) is 10.4 Å². The molecular weight excluding hydrogens is 352 g/mol. The highest BCUT2D eigenvalue weighted by Gasteiger charge is 2.24. The van der Waals surface area contributed by atoms with Crippen molar-refractivity contribution in [2.45, 2.75) is 0 Å². The summed E-state index contributed by atoms with van der Waals surface area (Å²) in [7, 11) is 3.08. The van der Waals surface area contributed by atoms with Crippen molar-refractivity contribution in [2.24, 2.45) is 0 Å². The third-order valence-electron chi connectivity index (χ3n) is 4.45. The van der Waals surface area contributed by atoms with E-state index in [1.165, 1.54) is 12.3 Å². The maximum atomic E-state index is 12.8. The van der Waals surface area contributed by atoms with E-state index in [-0.39, 0.29) is 11.7 Å². The van der Waals surface area contributed by atoms with Gasteiger partial charge in [-0.25, -0.2) is 0 Å². The molecule has 0 saturated carbocycles. The standard InChI is InChI=1S/C18H20N4O5/c1-26-15-9-13(10-16(11-15)27-2)18(23)21-7-5-20(6-8-21)14-3-4-17(19-12-14)22(24)25/h3-4,9-12H,5-8H2,1-2H3. The Bertz CT molecular complexity index is 810. The molecule has 142 valence electrons. The summed E-state index contributed by atoms with van der Waals surface area (Å²) < 4.78 is 10.4. The number of carbonyl (C=O) groups excluding carboxylic acids is 1. The van der Waals surface area contributed by atoms with Gasteiger partial charge in [-0.05, 0) is 28.1 Å². The molecule has 1 aliphatic heterocycles. The molecule has 1 aromatic heterocycles. The predicted octanol–water partition coefficient (Wildman–Crippen LogP) is 1.97. The van der Waals surface area contributed by atoms with Gasteiger partial charge in [0.2, 0.25) is 0 Å². The highest BCUT2D eigenvalue weighted by Crippen LogP contribution is 2.24. The Morgan fingerprint density at radius 2 is 1.70 bits per heavy atom. The molecule has 9 heteroatoms. The molecule has 9 nitrogen and oxygen atoms in total. The SMILES string of the molecule is COc1cc(OC)cc(C(=O)N2CCN(c3ccc([N+](=O)[O-])nc3)CC2)c1. The number of methoxy groups -OCH3 is 2. The molecule has 2 aromatic rings. The van der Waals surface area contributed by atoms with Crippen molar-refractivity contribution < 1.29 is 19.2 Å². The number of carbonyl (C=O) groups is 1. The Balaban J connectivity index is 1.66. The summed E-state index contributed by atoms with van der Waals surface area (Å²) in [5, 5.41) is 10.7. The number of hydrogen-bond donors (Lipinski definition) is 0. The highest BCUT2D eigenvalue weighted by molar-refractivity contribution is 5.95. The van der Waals surface area contributed by atoms with Crippen LogP contribution < -0.4 is 14.4 Å². The van der Waals surface area contributed by atoms with Crippen LogP contribution in [0.5, 0.6) is 11.5 Å². The molecule has 1 aliphatic rings. The zero-order chi connectivity index (χ0) is 19.4. The van der Waals surface area contributed by atoms with Gasteiger partial charge in [0.15, 0.2) is 6.20 Å². The Morgan fingerprint density at radius 3 is 2.19 bits per heavy atom. The first-order chi connectivity index (χ1) is 13.0. The normalized spacial score (nSPS) is 14.0. The monoisotopic (exact) mass is 372 g/mol. The quantitative estimate of drug-likeness (QED) is 0.584. The molecule has 1 aromatic carbocycles. The number of pyridine rings is 1. The van der Waals surface area contributed by atoms with E-state index in [0.29, 0.717) is 43.2 Å². The van der Waals surface area contributed by atoms with E-state index in [2.05, 4.69) is 4.98 Å². The molecule has 0 N–H and O–H groups in total. The molecule has 2 heterocycles. The van der Waals surface area contributed by atoms with Crippen LogP contribution >= 0.6 is 0 Å². The summed E-state index contributed by atoms with van der Waals surface area (Å²) in [5.74, 6) is 0.856. The van der Waals surface area contributed by atoms with Gasteiger partial charge in [0.1, 0.15) is 11.5 Å². The van der Waals surface area contributed by atoms with Gasteiger partial charge in [-0.15, -0.1) is 0 Å². The molecule has 1 amide bonds. The predicted molar refractivity (Wildman–Crippen MR) is 98.6 cm³/mol. The number of nitro groups is 1. The van der Waals surface area contributed by atoms with Crippen molar-refractivity contribution in [3.63, 3.8) is 0 Å². The fourth-order valence-corrected chi connectivity index (χ4v) is 2.95. The average Bonchev–Trinajstić information content (AvgIpc) is 2.73. The van der Waals surface area contributed by atoms with Crippen LogP contribution in [-0.4, -0.2) is 61.1 Å². The lowest BCUT2D eigenvalue weighted by molar-refractivity contribution is -0.389. The van der Waals surface area contributed by atoms with Crippen molar-refractivity contribution >= 4 is 17.4 Å². The van der Waals surface area contributed by atoms with Gasteiger partial charge in [0.05, 0.1) is 19.9 Å². The number of anilines is 1. The van der Waals surface area contributed by atoms with Crippen molar-refractivity contribution in [2.75, 3.05) is 45.3 Å². The third-order valence-corrected chi connectivity index (χ3v) is 4.45. The van der Waals surface area contributed by atoms with Crippen LogP contribution in [0, 0.1) is 10.1 Å². The summed E-state index contributed by atoms with van der Waals surface area (Å²) in [6.45, 7) is 2.31. The van der Waals surface area contributed by atoms with E-state index in [1.54, 1.807) is 43.4 Å². The van der Waals surface area contributed by atoms with Gasteiger partial charge in [-0.3, -0.25) is 4.79 Å². The molecule has 0 radical (unpaired) electrons. The number of ether oxygens (including phenoxy) is 2. The summed E-state index contributed by atoms with van der Waals surface area (Å²) in [6.07, 6.45) is 1.49. The summed E-state index contributed by atoms with van der Waals surface area (Å²) in [4.78, 5) is 30.6.